The molecule has 180 valence electrons. The van der Waals surface area contributed by atoms with E-state index < -0.39 is 15.6 Å². The fourth-order valence-electron chi connectivity index (χ4n) is 3.28. The lowest BCUT2D eigenvalue weighted by Crippen LogP contribution is -2.45. The molecule has 3 N–H and O–H groups in total. The Hall–Kier alpha value is -0.910. The monoisotopic (exact) mass is 567 g/mol. The van der Waals surface area contributed by atoms with E-state index in [1.54, 1.807) is 12.1 Å². The molecule has 0 radical (unpaired) electrons. The smallest absolute Gasteiger partial charge is 0.241 e. The number of nitrogens with one attached hydrogen (secondary N) is 3. The fraction of sp³-hybridized carbons (Fsp3) is 0.682. The van der Waals surface area contributed by atoms with Gasteiger partial charge in [0, 0.05) is 37.3 Å². The number of benzene rings is 1. The fourth-order valence-corrected chi connectivity index (χ4v) is 4.93. The van der Waals surface area contributed by atoms with Crippen LogP contribution < -0.4 is 15.4 Å². The van der Waals surface area contributed by atoms with Crippen molar-refractivity contribution in [3.63, 3.8) is 0 Å². The first-order valence-electron chi connectivity index (χ1n) is 10.8. The minimum absolute atomic E-state index is 0. The SMILES string of the molecule is CCNC(=NCc1ccccc1S(=O)(=O)NC(C)(C)C)NCCN(C(C)C)C(C)C.I. The molecule has 0 aliphatic rings. The molecule has 0 aliphatic carbocycles. The molecule has 0 amide bonds. The highest BCUT2D eigenvalue weighted by atomic mass is 127. The second-order valence-electron chi connectivity index (χ2n) is 9.01. The van der Waals surface area contributed by atoms with Crippen LogP contribution in [0.3, 0.4) is 0 Å². The molecular weight excluding hydrogens is 525 g/mol. The maximum atomic E-state index is 12.8. The molecule has 0 aliphatic heterocycles. The predicted molar refractivity (Wildman–Crippen MR) is 142 cm³/mol. The first-order valence-corrected chi connectivity index (χ1v) is 12.3. The van der Waals surface area contributed by atoms with Gasteiger partial charge in [0.1, 0.15) is 0 Å². The summed E-state index contributed by atoms with van der Waals surface area (Å²) in [7, 11) is -3.62. The number of halogens is 1. The number of rotatable bonds is 10. The summed E-state index contributed by atoms with van der Waals surface area (Å²) in [6.07, 6.45) is 0. The van der Waals surface area contributed by atoms with Gasteiger partial charge in [0.2, 0.25) is 10.0 Å². The number of sulfonamides is 1. The van der Waals surface area contributed by atoms with Crippen LogP contribution in [0.1, 0.15) is 61.0 Å². The third-order valence-corrected chi connectivity index (χ3v) is 6.30. The summed E-state index contributed by atoms with van der Waals surface area (Å²) < 4.78 is 28.4. The minimum Gasteiger partial charge on any atom is -0.357 e. The van der Waals surface area contributed by atoms with Crippen molar-refractivity contribution in [2.75, 3.05) is 19.6 Å². The standard InChI is InChI=1S/C22H41N5O2S.HI/c1-9-23-21(24-14-15-27(17(2)3)18(4)5)25-16-19-12-10-11-13-20(19)30(28,29)26-22(6,7)8;/h10-13,17-18,26H,9,14-16H2,1-8H3,(H2,23,24,25);1H. The summed E-state index contributed by atoms with van der Waals surface area (Å²) in [5, 5.41) is 6.60. The molecule has 0 saturated carbocycles. The molecule has 1 rings (SSSR count). The molecule has 0 atom stereocenters. The van der Waals surface area contributed by atoms with E-state index in [-0.39, 0.29) is 35.4 Å². The van der Waals surface area contributed by atoms with Crippen LogP contribution in [-0.2, 0) is 16.6 Å². The van der Waals surface area contributed by atoms with Crippen molar-refractivity contribution in [2.24, 2.45) is 4.99 Å². The van der Waals surface area contributed by atoms with E-state index >= 15 is 0 Å². The van der Waals surface area contributed by atoms with Gasteiger partial charge in [-0.2, -0.15) is 0 Å². The van der Waals surface area contributed by atoms with Gasteiger partial charge in [0.25, 0.3) is 0 Å². The van der Waals surface area contributed by atoms with Gasteiger partial charge in [0.15, 0.2) is 5.96 Å². The summed E-state index contributed by atoms with van der Waals surface area (Å²) >= 11 is 0. The molecule has 0 bridgehead atoms. The Bertz CT molecular complexity index is 781. The highest BCUT2D eigenvalue weighted by molar-refractivity contribution is 14.0. The Labute approximate surface area is 206 Å². The van der Waals surface area contributed by atoms with E-state index in [0.717, 1.165) is 19.6 Å². The molecule has 0 spiro atoms. The summed E-state index contributed by atoms with van der Waals surface area (Å²) in [4.78, 5) is 7.31. The molecular formula is C22H42IN5O2S. The van der Waals surface area contributed by atoms with Gasteiger partial charge in [-0.15, -0.1) is 24.0 Å². The zero-order chi connectivity index (χ0) is 22.9. The van der Waals surface area contributed by atoms with Crippen LogP contribution in [0.5, 0.6) is 0 Å². The van der Waals surface area contributed by atoms with Gasteiger partial charge in [-0.1, -0.05) is 18.2 Å². The van der Waals surface area contributed by atoms with Crippen molar-refractivity contribution >= 4 is 40.0 Å². The molecule has 1 aromatic rings. The third-order valence-electron chi connectivity index (χ3n) is 4.44. The Kier molecular flexibility index (Phi) is 13.2. The molecule has 0 heterocycles. The summed E-state index contributed by atoms with van der Waals surface area (Å²) in [5.41, 5.74) is 0.113. The van der Waals surface area contributed by atoms with Gasteiger partial charge < -0.3 is 10.6 Å². The van der Waals surface area contributed by atoms with Gasteiger partial charge in [-0.3, -0.25) is 4.90 Å². The van der Waals surface area contributed by atoms with Crippen molar-refractivity contribution in [2.45, 2.75) is 84.5 Å². The largest absolute Gasteiger partial charge is 0.357 e. The van der Waals surface area contributed by atoms with E-state index in [1.807, 2.05) is 39.8 Å². The molecule has 0 saturated heterocycles. The normalized spacial score (nSPS) is 12.9. The first-order chi connectivity index (χ1) is 13.9. The Morgan fingerprint density at radius 1 is 1.06 bits per heavy atom. The summed E-state index contributed by atoms with van der Waals surface area (Å²) in [5.74, 6) is 0.681. The zero-order valence-electron chi connectivity index (χ0n) is 20.3. The van der Waals surface area contributed by atoms with Gasteiger partial charge >= 0.3 is 0 Å². The van der Waals surface area contributed by atoms with E-state index in [4.69, 9.17) is 0 Å². The van der Waals surface area contributed by atoms with E-state index in [9.17, 15) is 8.42 Å². The first kappa shape index (κ1) is 30.1. The van der Waals surface area contributed by atoms with E-state index in [0.29, 0.717) is 23.6 Å². The average molecular weight is 568 g/mol. The van der Waals surface area contributed by atoms with Crippen LogP contribution in [0.4, 0.5) is 0 Å². The van der Waals surface area contributed by atoms with Crippen molar-refractivity contribution < 1.29 is 8.42 Å². The maximum absolute atomic E-state index is 12.8. The van der Waals surface area contributed by atoms with Crippen LogP contribution >= 0.6 is 24.0 Å². The lowest BCUT2D eigenvalue weighted by molar-refractivity contribution is 0.178. The van der Waals surface area contributed by atoms with Gasteiger partial charge in [-0.05, 0) is 67.0 Å². The second kappa shape index (κ2) is 13.6. The number of guanidine groups is 1. The topological polar surface area (TPSA) is 85.8 Å². The number of hydrogen-bond acceptors (Lipinski definition) is 4. The molecule has 0 unspecified atom stereocenters. The molecule has 0 aromatic heterocycles. The molecule has 31 heavy (non-hydrogen) atoms. The van der Waals surface area contributed by atoms with Crippen LogP contribution in [0, 0.1) is 0 Å². The molecule has 1 aromatic carbocycles. The molecule has 7 nitrogen and oxygen atoms in total. The number of hydrogen-bond donors (Lipinski definition) is 3. The van der Waals surface area contributed by atoms with Crippen molar-refractivity contribution in [3.8, 4) is 0 Å². The quantitative estimate of drug-likeness (QED) is 0.229. The highest BCUT2D eigenvalue weighted by Crippen LogP contribution is 2.18. The molecule has 9 heteroatoms. The molecule has 0 fully saturated rings. The number of nitrogens with zero attached hydrogens (tertiary/aromatic N) is 2. The zero-order valence-corrected chi connectivity index (χ0v) is 23.5. The van der Waals surface area contributed by atoms with Crippen LogP contribution in [0.15, 0.2) is 34.2 Å². The Balaban J connectivity index is 0.00000900. The minimum atomic E-state index is -3.62. The van der Waals surface area contributed by atoms with Gasteiger partial charge in [0.05, 0.1) is 11.4 Å². The summed E-state index contributed by atoms with van der Waals surface area (Å²) in [6.45, 7) is 19.0. The maximum Gasteiger partial charge on any atom is 0.241 e. The van der Waals surface area contributed by atoms with Gasteiger partial charge in [-0.25, -0.2) is 18.1 Å². The summed E-state index contributed by atoms with van der Waals surface area (Å²) in [6, 6.07) is 7.95. The third kappa shape index (κ3) is 11.0. The Morgan fingerprint density at radius 3 is 2.16 bits per heavy atom. The van der Waals surface area contributed by atoms with E-state index in [1.165, 1.54) is 0 Å². The van der Waals surface area contributed by atoms with Crippen molar-refractivity contribution in [3.05, 3.63) is 29.8 Å². The highest BCUT2D eigenvalue weighted by Gasteiger charge is 2.24. The predicted octanol–water partition coefficient (Wildman–Crippen LogP) is 3.56. The second-order valence-corrected chi connectivity index (χ2v) is 10.7. The average Bonchev–Trinajstić information content (AvgIpc) is 2.60. The lowest BCUT2D eigenvalue weighted by atomic mass is 10.1. The number of aliphatic imine (C=N–C) groups is 1. The van der Waals surface area contributed by atoms with Crippen LogP contribution in [0.2, 0.25) is 0 Å². The van der Waals surface area contributed by atoms with Crippen molar-refractivity contribution in [1.82, 2.24) is 20.3 Å². The van der Waals surface area contributed by atoms with Crippen molar-refractivity contribution in [1.29, 1.82) is 0 Å². The van der Waals surface area contributed by atoms with Crippen LogP contribution in [0.25, 0.3) is 0 Å². The Morgan fingerprint density at radius 2 is 1.65 bits per heavy atom. The van der Waals surface area contributed by atoms with E-state index in [2.05, 4.69) is 52.9 Å². The van der Waals surface area contributed by atoms with Crippen LogP contribution in [-0.4, -0.2) is 56.5 Å². The lowest BCUT2D eigenvalue weighted by Gasteiger charge is -2.30.